The summed E-state index contributed by atoms with van der Waals surface area (Å²) in [5, 5.41) is 8.73. The summed E-state index contributed by atoms with van der Waals surface area (Å²) >= 11 is 6.67. The van der Waals surface area contributed by atoms with Gasteiger partial charge < -0.3 is 5.73 Å². The zero-order valence-corrected chi connectivity index (χ0v) is 11.5. The van der Waals surface area contributed by atoms with E-state index in [0.717, 1.165) is 8.95 Å². The average Bonchev–Trinajstić information content (AvgIpc) is 2.29. The maximum absolute atomic E-state index is 8.73. The Balaban J connectivity index is 2.54. The summed E-state index contributed by atoms with van der Waals surface area (Å²) in [5.74, 6) is 0.523. The molecule has 0 fully saturated rings. The van der Waals surface area contributed by atoms with E-state index in [1.165, 1.54) is 6.20 Å². The van der Waals surface area contributed by atoms with Crippen LogP contribution in [0.4, 0.5) is 5.82 Å². The number of nitrogens with two attached hydrogens (primary N) is 1. The largest absolute Gasteiger partial charge is 0.382 e. The fourth-order valence-corrected chi connectivity index (χ4v) is 2.34. The number of nitrogens with zero attached hydrogens (tertiary/aromatic N) is 4. The molecule has 0 aliphatic carbocycles. The third-order valence-corrected chi connectivity index (χ3v) is 3.00. The maximum Gasteiger partial charge on any atom is 0.181 e. The van der Waals surface area contributed by atoms with Crippen molar-refractivity contribution in [1.29, 1.82) is 5.26 Å². The maximum atomic E-state index is 8.73. The molecule has 0 bridgehead atoms. The highest BCUT2D eigenvalue weighted by Gasteiger charge is 2.10. The Kier molecular flexibility index (Phi) is 3.36. The van der Waals surface area contributed by atoms with Crippen molar-refractivity contribution in [2.75, 3.05) is 5.73 Å². The summed E-state index contributed by atoms with van der Waals surface area (Å²) in [5.41, 5.74) is 6.45. The zero-order valence-electron chi connectivity index (χ0n) is 8.35. The van der Waals surface area contributed by atoms with E-state index in [1.54, 1.807) is 6.20 Å². The highest BCUT2D eigenvalue weighted by Crippen LogP contribution is 2.26. The lowest BCUT2D eigenvalue weighted by Crippen LogP contribution is -2.00. The molecule has 84 valence electrons. The van der Waals surface area contributed by atoms with Gasteiger partial charge in [0.2, 0.25) is 0 Å². The number of pyridine rings is 1. The summed E-state index contributed by atoms with van der Waals surface area (Å²) in [7, 11) is 0. The van der Waals surface area contributed by atoms with E-state index in [0.29, 0.717) is 11.5 Å². The molecule has 0 atom stereocenters. The van der Waals surface area contributed by atoms with Gasteiger partial charge in [-0.15, -0.1) is 0 Å². The van der Waals surface area contributed by atoms with Gasteiger partial charge in [0.1, 0.15) is 23.1 Å². The SMILES string of the molecule is N#Cc1cnc(-c2ncc(Br)cc2Br)nc1N. The van der Waals surface area contributed by atoms with Crippen LogP contribution in [0.25, 0.3) is 11.5 Å². The van der Waals surface area contributed by atoms with Crippen molar-refractivity contribution in [1.82, 2.24) is 15.0 Å². The minimum atomic E-state index is 0.147. The monoisotopic (exact) mass is 353 g/mol. The molecule has 0 amide bonds. The van der Waals surface area contributed by atoms with Crippen LogP contribution in [-0.4, -0.2) is 15.0 Å². The van der Waals surface area contributed by atoms with Crippen LogP contribution in [0.5, 0.6) is 0 Å². The number of nitrogen functional groups attached to an aromatic ring is 1. The quantitative estimate of drug-likeness (QED) is 0.849. The molecule has 0 saturated carbocycles. The Morgan fingerprint density at radius 1 is 1.24 bits per heavy atom. The van der Waals surface area contributed by atoms with Gasteiger partial charge in [0.05, 0.1) is 6.20 Å². The topological polar surface area (TPSA) is 88.5 Å². The number of aromatic nitrogens is 3. The minimum absolute atomic E-state index is 0.147. The van der Waals surface area contributed by atoms with Gasteiger partial charge in [-0.1, -0.05) is 0 Å². The molecule has 0 unspecified atom stereocenters. The van der Waals surface area contributed by atoms with E-state index in [-0.39, 0.29) is 11.4 Å². The van der Waals surface area contributed by atoms with E-state index in [9.17, 15) is 0 Å². The lowest BCUT2D eigenvalue weighted by molar-refractivity contribution is 1.13. The standard InChI is InChI=1S/C10H5Br2N5/c11-6-1-7(12)8(15-4-6)10-16-3-5(2-13)9(14)17-10/h1,3-4H,(H2,14,16,17). The first-order valence-corrected chi connectivity index (χ1v) is 6.04. The van der Waals surface area contributed by atoms with Gasteiger partial charge in [0.25, 0.3) is 0 Å². The van der Waals surface area contributed by atoms with Crippen LogP contribution in [0.3, 0.4) is 0 Å². The van der Waals surface area contributed by atoms with Gasteiger partial charge >= 0.3 is 0 Å². The van der Waals surface area contributed by atoms with Crippen molar-refractivity contribution in [3.05, 3.63) is 33.0 Å². The summed E-state index contributed by atoms with van der Waals surface area (Å²) < 4.78 is 1.59. The van der Waals surface area contributed by atoms with Crippen molar-refractivity contribution in [2.24, 2.45) is 0 Å². The van der Waals surface area contributed by atoms with Crippen LogP contribution in [0.15, 0.2) is 27.4 Å². The van der Waals surface area contributed by atoms with E-state index >= 15 is 0 Å². The van der Waals surface area contributed by atoms with Crippen LogP contribution in [0.1, 0.15) is 5.56 Å². The zero-order chi connectivity index (χ0) is 12.4. The molecule has 2 aromatic rings. The molecule has 0 spiro atoms. The Bertz CT molecular complexity index is 621. The third-order valence-electron chi connectivity index (χ3n) is 1.96. The van der Waals surface area contributed by atoms with Crippen LogP contribution in [0.2, 0.25) is 0 Å². The molecular formula is C10H5Br2N5. The molecular weight excluding hydrogens is 350 g/mol. The normalized spacial score (nSPS) is 9.94. The fourth-order valence-electron chi connectivity index (χ4n) is 1.17. The highest BCUT2D eigenvalue weighted by molar-refractivity contribution is 9.11. The summed E-state index contributed by atoms with van der Waals surface area (Å²) in [6, 6.07) is 3.74. The molecule has 2 N–H and O–H groups in total. The molecule has 0 radical (unpaired) electrons. The van der Waals surface area contributed by atoms with Crippen LogP contribution in [-0.2, 0) is 0 Å². The smallest absolute Gasteiger partial charge is 0.181 e. The second-order valence-corrected chi connectivity index (χ2v) is 4.86. The van der Waals surface area contributed by atoms with Crippen molar-refractivity contribution < 1.29 is 0 Å². The number of hydrogen-bond donors (Lipinski definition) is 1. The number of rotatable bonds is 1. The number of nitriles is 1. The Hall–Kier alpha value is -1.52. The van der Waals surface area contributed by atoms with Gasteiger partial charge in [-0.25, -0.2) is 9.97 Å². The predicted molar refractivity (Wildman–Crippen MR) is 69.8 cm³/mol. The summed E-state index contributed by atoms with van der Waals surface area (Å²) in [6.07, 6.45) is 3.02. The molecule has 0 aliphatic heterocycles. The lowest BCUT2D eigenvalue weighted by atomic mass is 10.3. The van der Waals surface area contributed by atoms with Crippen molar-refractivity contribution in [2.45, 2.75) is 0 Å². The fraction of sp³-hybridized carbons (Fsp3) is 0. The Labute approximate surface area is 114 Å². The van der Waals surface area contributed by atoms with Gasteiger partial charge in [0.15, 0.2) is 5.82 Å². The lowest BCUT2D eigenvalue weighted by Gasteiger charge is -2.03. The van der Waals surface area contributed by atoms with Crippen LogP contribution >= 0.6 is 31.9 Å². The average molecular weight is 355 g/mol. The number of anilines is 1. The van der Waals surface area contributed by atoms with Crippen LogP contribution < -0.4 is 5.73 Å². The van der Waals surface area contributed by atoms with Crippen molar-refractivity contribution in [3.8, 4) is 17.6 Å². The molecule has 7 heteroatoms. The summed E-state index contributed by atoms with van der Waals surface area (Å²) in [6.45, 7) is 0. The molecule has 0 aromatic carbocycles. The highest BCUT2D eigenvalue weighted by atomic mass is 79.9. The van der Waals surface area contributed by atoms with Crippen molar-refractivity contribution >= 4 is 37.7 Å². The second-order valence-electron chi connectivity index (χ2n) is 3.09. The molecule has 0 saturated heterocycles. The number of halogens is 2. The van der Waals surface area contributed by atoms with E-state index in [4.69, 9.17) is 11.0 Å². The molecule has 17 heavy (non-hydrogen) atoms. The molecule has 2 heterocycles. The predicted octanol–water partition coefficient (Wildman–Crippen LogP) is 2.52. The van der Waals surface area contributed by atoms with Gasteiger partial charge in [-0.2, -0.15) is 5.26 Å². The first-order valence-electron chi connectivity index (χ1n) is 4.46. The van der Waals surface area contributed by atoms with E-state index < -0.39 is 0 Å². The van der Waals surface area contributed by atoms with E-state index in [2.05, 4.69) is 46.8 Å². The third kappa shape index (κ3) is 2.43. The molecule has 2 rings (SSSR count). The first-order chi connectivity index (χ1) is 8.11. The van der Waals surface area contributed by atoms with E-state index in [1.807, 2.05) is 12.1 Å². The molecule has 0 aliphatic rings. The first kappa shape index (κ1) is 12.0. The number of hydrogen-bond acceptors (Lipinski definition) is 5. The molecule has 5 nitrogen and oxygen atoms in total. The Morgan fingerprint density at radius 2 is 2.00 bits per heavy atom. The van der Waals surface area contributed by atoms with Crippen LogP contribution in [0, 0.1) is 11.3 Å². The van der Waals surface area contributed by atoms with Crippen molar-refractivity contribution in [3.63, 3.8) is 0 Å². The second kappa shape index (κ2) is 4.77. The molecule has 2 aromatic heterocycles. The minimum Gasteiger partial charge on any atom is -0.382 e. The summed E-state index contributed by atoms with van der Waals surface area (Å²) in [4.78, 5) is 12.3. The Morgan fingerprint density at radius 3 is 2.59 bits per heavy atom. The van der Waals surface area contributed by atoms with Gasteiger partial charge in [0, 0.05) is 15.1 Å². The van der Waals surface area contributed by atoms with Gasteiger partial charge in [-0.05, 0) is 37.9 Å². The van der Waals surface area contributed by atoms with Gasteiger partial charge in [-0.3, -0.25) is 4.98 Å².